The minimum atomic E-state index is -0.914. The summed E-state index contributed by atoms with van der Waals surface area (Å²) in [5.74, 6) is 2.05. The first-order valence-electron chi connectivity index (χ1n) is 17.0. The number of allylic oxidation sites excluding steroid dienone is 1. The van der Waals surface area contributed by atoms with Crippen molar-refractivity contribution in [3.8, 4) is 0 Å². The Morgan fingerprint density at radius 2 is 1.63 bits per heavy atom. The molecule has 4 aliphatic carbocycles. The Kier molecular flexibility index (Phi) is 9.15. The molecule has 0 amide bonds. The van der Waals surface area contributed by atoms with Crippen LogP contribution in [-0.2, 0) is 4.79 Å². The third kappa shape index (κ3) is 5.27. The van der Waals surface area contributed by atoms with Gasteiger partial charge in [-0.25, -0.2) is 9.10 Å². The molecule has 0 bridgehead atoms. The second-order valence-electron chi connectivity index (χ2n) is 15.9. The molecular formula is C38H57NO3S. The van der Waals surface area contributed by atoms with Gasteiger partial charge in [0, 0.05) is 29.7 Å². The van der Waals surface area contributed by atoms with Crippen molar-refractivity contribution < 1.29 is 15.0 Å². The van der Waals surface area contributed by atoms with E-state index in [1.807, 2.05) is 31.0 Å². The first-order chi connectivity index (χ1) is 20.3. The van der Waals surface area contributed by atoms with Crippen molar-refractivity contribution in [3.63, 3.8) is 0 Å². The molecule has 0 aromatic heterocycles. The highest BCUT2D eigenvalue weighted by atomic mass is 32.2. The number of rotatable bonds is 5. The number of piperidine rings is 1. The van der Waals surface area contributed by atoms with Crippen molar-refractivity contribution in [2.75, 3.05) is 13.2 Å². The van der Waals surface area contributed by atoms with Gasteiger partial charge >= 0.3 is 5.97 Å². The van der Waals surface area contributed by atoms with E-state index in [0.717, 1.165) is 29.9 Å². The van der Waals surface area contributed by atoms with Crippen LogP contribution in [0.25, 0.3) is 6.08 Å². The molecule has 8 atom stereocenters. The molecule has 5 heteroatoms. The number of carboxylic acid groups (broad SMARTS) is 1. The van der Waals surface area contributed by atoms with E-state index in [2.05, 4.69) is 57.6 Å². The zero-order valence-electron chi connectivity index (χ0n) is 27.7. The van der Waals surface area contributed by atoms with Crippen molar-refractivity contribution in [2.24, 2.45) is 45.3 Å². The lowest BCUT2D eigenvalue weighted by Gasteiger charge is -2.73. The predicted octanol–water partition coefficient (Wildman–Crippen LogP) is 9.50. The molecule has 6 rings (SSSR count). The van der Waals surface area contributed by atoms with Crippen LogP contribution in [-0.4, -0.2) is 39.2 Å². The topological polar surface area (TPSA) is 60.8 Å². The smallest absolute Gasteiger partial charge is 0.328 e. The number of aliphatic carboxylic acids is 1. The number of carboxylic acids is 1. The van der Waals surface area contributed by atoms with Crippen molar-refractivity contribution in [1.82, 2.24) is 4.31 Å². The van der Waals surface area contributed by atoms with Crippen molar-refractivity contribution in [2.45, 2.75) is 116 Å². The summed E-state index contributed by atoms with van der Waals surface area (Å²) in [7, 11) is 0. The lowest BCUT2D eigenvalue weighted by Crippen LogP contribution is -2.68. The molecule has 5 fully saturated rings. The van der Waals surface area contributed by atoms with E-state index >= 15 is 0 Å². The van der Waals surface area contributed by atoms with Gasteiger partial charge in [-0.15, -0.1) is 6.58 Å². The fourth-order valence-electron chi connectivity index (χ4n) is 11.8. The molecule has 5 aliphatic rings. The molecule has 4 nitrogen and oxygen atoms in total. The number of hydrogen-bond acceptors (Lipinski definition) is 4. The Morgan fingerprint density at radius 3 is 2.28 bits per heavy atom. The van der Waals surface area contributed by atoms with Crippen LogP contribution in [0.15, 0.2) is 47.9 Å². The van der Waals surface area contributed by atoms with E-state index in [0.29, 0.717) is 28.8 Å². The van der Waals surface area contributed by atoms with Crippen molar-refractivity contribution in [1.29, 1.82) is 0 Å². The number of nitrogens with zero attached hydrogens (tertiary/aromatic N) is 1. The summed E-state index contributed by atoms with van der Waals surface area (Å²) in [6.07, 6.45) is 17.7. The summed E-state index contributed by atoms with van der Waals surface area (Å²) in [6.45, 7) is 19.8. The summed E-state index contributed by atoms with van der Waals surface area (Å²) in [6, 6.07) is 8.31. The predicted molar refractivity (Wildman–Crippen MR) is 180 cm³/mol. The summed E-state index contributed by atoms with van der Waals surface area (Å²) in [5.41, 5.74) is 2.38. The first kappa shape index (κ1) is 32.8. The molecule has 7 unspecified atom stereocenters. The Bertz CT molecular complexity index is 1210. The van der Waals surface area contributed by atoms with Gasteiger partial charge in [0.1, 0.15) is 0 Å². The maximum Gasteiger partial charge on any atom is 0.328 e. The Balaban J connectivity index is 0.00000118. The van der Waals surface area contributed by atoms with Gasteiger partial charge in [-0.1, -0.05) is 45.4 Å². The summed E-state index contributed by atoms with van der Waals surface area (Å²) < 4.78 is 2.66. The Labute approximate surface area is 265 Å². The second kappa shape index (κ2) is 12.0. The lowest BCUT2D eigenvalue weighted by atomic mass is 9.33. The van der Waals surface area contributed by atoms with Crippen LogP contribution < -0.4 is 0 Å². The number of fused-ring (bicyclic) bond motifs is 7. The molecule has 1 saturated heterocycles. The highest BCUT2D eigenvalue weighted by molar-refractivity contribution is 7.97. The Hall–Kier alpha value is -1.56. The van der Waals surface area contributed by atoms with Crippen LogP contribution >= 0.6 is 11.9 Å². The van der Waals surface area contributed by atoms with Crippen LogP contribution in [0, 0.1) is 45.3 Å². The minimum absolute atomic E-state index is 0.0999. The molecule has 1 aliphatic heterocycles. The number of benzene rings is 1. The summed E-state index contributed by atoms with van der Waals surface area (Å²) in [5, 5.41) is 19.5. The lowest BCUT2D eigenvalue weighted by molar-refractivity contribution is -0.235. The van der Waals surface area contributed by atoms with Gasteiger partial charge in [0.15, 0.2) is 0 Å². The zero-order chi connectivity index (χ0) is 31.3. The van der Waals surface area contributed by atoms with Crippen LogP contribution in [0.1, 0.15) is 111 Å². The molecule has 1 aromatic carbocycles. The van der Waals surface area contributed by atoms with E-state index in [1.54, 1.807) is 12.2 Å². The third-order valence-corrected chi connectivity index (χ3v) is 15.3. The zero-order valence-corrected chi connectivity index (χ0v) is 28.5. The average molecular weight is 608 g/mol. The van der Waals surface area contributed by atoms with Crippen LogP contribution in [0.2, 0.25) is 0 Å². The molecule has 238 valence electrons. The molecule has 0 spiro atoms. The quantitative estimate of drug-likeness (QED) is 0.198. The van der Waals surface area contributed by atoms with E-state index in [-0.39, 0.29) is 11.0 Å². The molecule has 1 heterocycles. The van der Waals surface area contributed by atoms with Crippen LogP contribution in [0.4, 0.5) is 0 Å². The third-order valence-electron chi connectivity index (χ3n) is 14.0. The van der Waals surface area contributed by atoms with Gasteiger partial charge in [0.25, 0.3) is 0 Å². The standard InChI is InChI=1S/C35H51NO3S.C3H6/c1-31(2)28-16-18-34(5)29(14-13-26-27-7-6-17-35(27,23-37)20-19-33(26,34)4)32(28,3)21-22-36(31)40-25-11-8-24(9-12-25)10-15-30(38)39;1-3-2/h8-12,15,26-29,37H,6-7,13-14,16-23H2,1-5H3,(H,38,39);3H,1H2,2H3/b15-10+;/t26?,27?,28?,29?,32?,33-,34?,35?;/m1./s1. The molecule has 1 aromatic rings. The fourth-order valence-corrected chi connectivity index (χ4v) is 12.8. The van der Waals surface area contributed by atoms with Gasteiger partial charge in [-0.3, -0.25) is 0 Å². The molecule has 43 heavy (non-hydrogen) atoms. The normalized spacial score (nSPS) is 41.7. The maximum atomic E-state index is 10.9. The average Bonchev–Trinajstić information content (AvgIpc) is 3.40. The summed E-state index contributed by atoms with van der Waals surface area (Å²) in [4.78, 5) is 12.1. The summed E-state index contributed by atoms with van der Waals surface area (Å²) >= 11 is 1.89. The van der Waals surface area contributed by atoms with Gasteiger partial charge in [-0.05, 0) is 160 Å². The highest BCUT2D eigenvalue weighted by Crippen LogP contribution is 2.76. The maximum absolute atomic E-state index is 10.9. The Morgan fingerprint density at radius 1 is 0.930 bits per heavy atom. The first-order valence-corrected chi connectivity index (χ1v) is 17.7. The fraction of sp³-hybridized carbons (Fsp3) is 0.711. The number of carbonyl (C=O) groups is 1. The van der Waals surface area contributed by atoms with Crippen molar-refractivity contribution in [3.05, 3.63) is 48.6 Å². The van der Waals surface area contributed by atoms with E-state index in [4.69, 9.17) is 5.11 Å². The number of aliphatic hydroxyl groups excluding tert-OH is 1. The molecule has 0 radical (unpaired) electrons. The number of aliphatic hydroxyl groups is 1. The monoisotopic (exact) mass is 607 g/mol. The SMILES string of the molecule is C=CC.CC12CCN(Sc3ccc(/C=C/C(=O)O)cc3)C(C)(C)C1CCC1(C)C2CCC2C3CCCC3(CO)CC[C@]21C. The van der Waals surface area contributed by atoms with Crippen LogP contribution in [0.5, 0.6) is 0 Å². The van der Waals surface area contributed by atoms with E-state index in [1.165, 1.54) is 75.2 Å². The van der Waals surface area contributed by atoms with E-state index in [9.17, 15) is 9.90 Å². The highest BCUT2D eigenvalue weighted by Gasteiger charge is 2.69. The minimum Gasteiger partial charge on any atom is -0.478 e. The largest absolute Gasteiger partial charge is 0.478 e. The van der Waals surface area contributed by atoms with Gasteiger partial charge < -0.3 is 10.2 Å². The van der Waals surface area contributed by atoms with Gasteiger partial charge in [0.05, 0.1) is 0 Å². The molecular weight excluding hydrogens is 550 g/mol. The van der Waals surface area contributed by atoms with Crippen molar-refractivity contribution >= 4 is 24.0 Å². The van der Waals surface area contributed by atoms with Crippen LogP contribution in [0.3, 0.4) is 0 Å². The van der Waals surface area contributed by atoms with Gasteiger partial charge in [-0.2, -0.15) is 0 Å². The van der Waals surface area contributed by atoms with E-state index < -0.39 is 5.97 Å². The number of hydrogen-bond donors (Lipinski definition) is 2. The molecule has 4 saturated carbocycles. The second-order valence-corrected chi connectivity index (χ2v) is 17.0. The molecule has 2 N–H and O–H groups in total. The van der Waals surface area contributed by atoms with Gasteiger partial charge in [0.2, 0.25) is 0 Å².